The van der Waals surface area contributed by atoms with E-state index in [1.165, 1.54) is 0 Å². The summed E-state index contributed by atoms with van der Waals surface area (Å²) in [4.78, 5) is 18.5. The number of hydrogen-bond donors (Lipinski definition) is 0. The first kappa shape index (κ1) is 13.3. The number of rotatable bonds is 2. The second kappa shape index (κ2) is 5.14. The average Bonchev–Trinajstić information content (AvgIpc) is 3.11. The lowest BCUT2D eigenvalue weighted by Gasteiger charge is -2.15. The van der Waals surface area contributed by atoms with Gasteiger partial charge in [-0.25, -0.2) is 4.98 Å². The number of fused-ring (bicyclic) bond motifs is 1. The topological polar surface area (TPSA) is 46.3 Å². The van der Waals surface area contributed by atoms with Crippen molar-refractivity contribution in [2.75, 3.05) is 11.4 Å². The number of para-hydroxylation sites is 1. The van der Waals surface area contributed by atoms with E-state index < -0.39 is 0 Å². The van der Waals surface area contributed by atoms with Crippen molar-refractivity contribution in [1.82, 2.24) is 4.98 Å². The minimum Gasteiger partial charge on any atom is -0.440 e. The van der Waals surface area contributed by atoms with Crippen LogP contribution in [-0.2, 0) is 4.79 Å². The fourth-order valence-corrected chi connectivity index (χ4v) is 2.99. The predicted octanol–water partition coefficient (Wildman–Crippen LogP) is 4.00. The summed E-state index contributed by atoms with van der Waals surface area (Å²) in [5, 5.41) is 0.626. The van der Waals surface area contributed by atoms with Gasteiger partial charge in [0.05, 0.1) is 5.92 Å². The molecule has 110 valence electrons. The van der Waals surface area contributed by atoms with Crippen LogP contribution in [0.15, 0.2) is 52.9 Å². The number of oxazole rings is 1. The summed E-state index contributed by atoms with van der Waals surface area (Å²) >= 11 is 5.97. The van der Waals surface area contributed by atoms with E-state index in [2.05, 4.69) is 4.98 Å². The van der Waals surface area contributed by atoms with E-state index in [-0.39, 0.29) is 11.8 Å². The van der Waals surface area contributed by atoms with E-state index in [4.69, 9.17) is 16.0 Å². The number of carbonyl (C=O) groups excluding carboxylic acids is 1. The number of anilines is 1. The quantitative estimate of drug-likeness (QED) is 0.718. The van der Waals surface area contributed by atoms with Crippen LogP contribution < -0.4 is 4.90 Å². The van der Waals surface area contributed by atoms with Gasteiger partial charge in [-0.1, -0.05) is 29.8 Å². The molecule has 0 radical (unpaired) electrons. The standard InChI is InChI=1S/C17H13ClN2O2/c18-12-6-7-15-14(9-12)19-17(22-15)11-8-16(21)20(10-11)13-4-2-1-3-5-13/h1-7,9,11H,8,10H2/t11-/m0/s1. The molecule has 1 saturated heterocycles. The Bertz CT molecular complexity index is 844. The highest BCUT2D eigenvalue weighted by molar-refractivity contribution is 6.31. The maximum absolute atomic E-state index is 12.3. The molecule has 1 aliphatic heterocycles. The van der Waals surface area contributed by atoms with Crippen molar-refractivity contribution >= 4 is 34.3 Å². The summed E-state index contributed by atoms with van der Waals surface area (Å²) in [6, 6.07) is 15.0. The van der Waals surface area contributed by atoms with Crippen molar-refractivity contribution in [3.63, 3.8) is 0 Å². The lowest BCUT2D eigenvalue weighted by molar-refractivity contribution is -0.117. The molecule has 0 aliphatic carbocycles. The number of halogens is 1. The van der Waals surface area contributed by atoms with Gasteiger partial charge in [-0.2, -0.15) is 0 Å². The lowest BCUT2D eigenvalue weighted by atomic mass is 10.1. The highest BCUT2D eigenvalue weighted by Gasteiger charge is 2.34. The molecule has 2 heterocycles. The van der Waals surface area contributed by atoms with E-state index in [9.17, 15) is 4.79 Å². The van der Waals surface area contributed by atoms with Crippen molar-refractivity contribution in [1.29, 1.82) is 0 Å². The Morgan fingerprint density at radius 3 is 2.82 bits per heavy atom. The molecule has 1 atom stereocenters. The largest absolute Gasteiger partial charge is 0.440 e. The van der Waals surface area contributed by atoms with E-state index in [1.54, 1.807) is 23.1 Å². The number of nitrogens with zero attached hydrogens (tertiary/aromatic N) is 2. The molecule has 1 aromatic heterocycles. The Morgan fingerprint density at radius 2 is 2.00 bits per heavy atom. The highest BCUT2D eigenvalue weighted by atomic mass is 35.5. The first-order valence-corrected chi connectivity index (χ1v) is 7.50. The summed E-state index contributed by atoms with van der Waals surface area (Å²) in [6.07, 6.45) is 0.412. The maximum atomic E-state index is 12.3. The Hall–Kier alpha value is -2.33. The van der Waals surface area contributed by atoms with Crippen LogP contribution in [0.1, 0.15) is 18.2 Å². The zero-order valence-electron chi connectivity index (χ0n) is 11.7. The van der Waals surface area contributed by atoms with Crippen LogP contribution in [0.3, 0.4) is 0 Å². The molecule has 1 fully saturated rings. The van der Waals surface area contributed by atoms with Gasteiger partial charge < -0.3 is 9.32 Å². The molecule has 0 bridgehead atoms. The Morgan fingerprint density at radius 1 is 1.18 bits per heavy atom. The smallest absolute Gasteiger partial charge is 0.227 e. The molecule has 5 heteroatoms. The van der Waals surface area contributed by atoms with Gasteiger partial charge in [-0.05, 0) is 30.3 Å². The summed E-state index contributed by atoms with van der Waals surface area (Å²) in [6.45, 7) is 0.587. The van der Waals surface area contributed by atoms with Gasteiger partial charge in [0, 0.05) is 23.7 Å². The van der Waals surface area contributed by atoms with Crippen molar-refractivity contribution < 1.29 is 9.21 Å². The van der Waals surface area contributed by atoms with Crippen LogP contribution >= 0.6 is 11.6 Å². The van der Waals surface area contributed by atoms with E-state index >= 15 is 0 Å². The van der Waals surface area contributed by atoms with Crippen molar-refractivity contribution in [3.05, 3.63) is 59.4 Å². The van der Waals surface area contributed by atoms with Gasteiger partial charge in [0.1, 0.15) is 5.52 Å². The minimum atomic E-state index is -0.0288. The number of hydrogen-bond acceptors (Lipinski definition) is 3. The number of amides is 1. The van der Waals surface area contributed by atoms with Crippen LogP contribution in [0.5, 0.6) is 0 Å². The van der Waals surface area contributed by atoms with Gasteiger partial charge in [0.15, 0.2) is 5.58 Å². The van der Waals surface area contributed by atoms with Crippen molar-refractivity contribution in [3.8, 4) is 0 Å². The molecule has 3 aromatic rings. The van der Waals surface area contributed by atoms with Gasteiger partial charge in [0.25, 0.3) is 0 Å². The third-order valence-electron chi connectivity index (χ3n) is 3.91. The molecular weight excluding hydrogens is 300 g/mol. The van der Waals surface area contributed by atoms with Crippen molar-refractivity contribution in [2.45, 2.75) is 12.3 Å². The third-order valence-corrected chi connectivity index (χ3v) is 4.14. The SMILES string of the molecule is O=C1C[C@H](c2nc3cc(Cl)ccc3o2)CN1c1ccccc1. The summed E-state index contributed by atoms with van der Waals surface area (Å²) in [5.41, 5.74) is 2.34. The summed E-state index contributed by atoms with van der Waals surface area (Å²) < 4.78 is 5.79. The molecule has 0 unspecified atom stereocenters. The number of aromatic nitrogens is 1. The summed E-state index contributed by atoms with van der Waals surface area (Å²) in [5.74, 6) is 0.666. The van der Waals surface area contributed by atoms with Gasteiger partial charge in [-0.3, -0.25) is 4.79 Å². The van der Waals surface area contributed by atoms with Crippen LogP contribution in [0.2, 0.25) is 5.02 Å². The van der Waals surface area contributed by atoms with Crippen LogP contribution in [0, 0.1) is 0 Å². The fraction of sp³-hybridized carbons (Fsp3) is 0.176. The molecule has 1 aliphatic rings. The molecule has 1 amide bonds. The predicted molar refractivity (Wildman–Crippen MR) is 85.2 cm³/mol. The molecule has 0 saturated carbocycles. The van der Waals surface area contributed by atoms with E-state index in [0.29, 0.717) is 29.5 Å². The normalized spacial score (nSPS) is 18.3. The lowest BCUT2D eigenvalue weighted by Crippen LogP contribution is -2.24. The maximum Gasteiger partial charge on any atom is 0.227 e. The first-order valence-electron chi connectivity index (χ1n) is 7.12. The zero-order chi connectivity index (χ0) is 15.1. The van der Waals surface area contributed by atoms with Gasteiger partial charge >= 0.3 is 0 Å². The molecule has 4 rings (SSSR count). The summed E-state index contributed by atoms with van der Waals surface area (Å²) in [7, 11) is 0. The Balaban J connectivity index is 1.64. The molecule has 4 nitrogen and oxygen atoms in total. The number of benzene rings is 2. The molecule has 2 aromatic carbocycles. The number of carbonyl (C=O) groups is 1. The average molecular weight is 313 g/mol. The Labute approximate surface area is 132 Å². The van der Waals surface area contributed by atoms with Crippen LogP contribution in [0.25, 0.3) is 11.1 Å². The second-order valence-corrected chi connectivity index (χ2v) is 5.84. The molecule has 0 spiro atoms. The molecule has 22 heavy (non-hydrogen) atoms. The fourth-order valence-electron chi connectivity index (χ4n) is 2.82. The molecule has 0 N–H and O–H groups in total. The zero-order valence-corrected chi connectivity index (χ0v) is 12.5. The monoisotopic (exact) mass is 312 g/mol. The van der Waals surface area contributed by atoms with Crippen molar-refractivity contribution in [2.24, 2.45) is 0 Å². The van der Waals surface area contributed by atoms with Crippen LogP contribution in [-0.4, -0.2) is 17.4 Å². The van der Waals surface area contributed by atoms with Gasteiger partial charge in [0.2, 0.25) is 11.8 Å². The minimum absolute atomic E-state index is 0.0288. The van der Waals surface area contributed by atoms with Gasteiger partial charge in [-0.15, -0.1) is 0 Å². The Kier molecular flexibility index (Phi) is 3.12. The van der Waals surface area contributed by atoms with E-state index in [1.807, 2.05) is 30.3 Å². The first-order chi connectivity index (χ1) is 10.7. The van der Waals surface area contributed by atoms with Crippen LogP contribution in [0.4, 0.5) is 5.69 Å². The molecular formula is C17H13ClN2O2. The third kappa shape index (κ3) is 2.25. The van der Waals surface area contributed by atoms with E-state index in [0.717, 1.165) is 11.2 Å². The highest BCUT2D eigenvalue weighted by Crippen LogP contribution is 2.33. The second-order valence-electron chi connectivity index (χ2n) is 5.41.